The minimum absolute atomic E-state index is 0.599. The molecule has 0 saturated carbocycles. The van der Waals surface area contributed by atoms with E-state index in [9.17, 15) is 0 Å². The molecule has 0 fully saturated rings. The lowest BCUT2D eigenvalue weighted by atomic mass is 10.1. The number of benzene rings is 2. The maximum Gasteiger partial charge on any atom is 0.0997 e. The van der Waals surface area contributed by atoms with Gasteiger partial charge >= 0.3 is 0 Å². The van der Waals surface area contributed by atoms with Gasteiger partial charge in [-0.15, -0.1) is 5.17 Å². The summed E-state index contributed by atoms with van der Waals surface area (Å²) in [6, 6.07) is 14.1. The molecule has 0 spiro atoms. The summed E-state index contributed by atoms with van der Waals surface area (Å²) in [6.45, 7) is 2.86. The monoisotopic (exact) mass is 355 g/mol. The van der Waals surface area contributed by atoms with Crippen molar-refractivity contribution in [2.75, 3.05) is 11.8 Å². The summed E-state index contributed by atoms with van der Waals surface area (Å²) in [5, 5.41) is 7.07. The first-order valence-electron chi connectivity index (χ1n) is 10.1. The second-order valence-electron chi connectivity index (χ2n) is 6.89. The molecule has 0 atom stereocenters. The van der Waals surface area contributed by atoms with Gasteiger partial charge in [0.25, 0.3) is 0 Å². The Bertz CT molecular complexity index is 639. The molecule has 142 valence electrons. The molecule has 0 unspecified atom stereocenters. The fraction of sp³-hybridized carbons (Fsp3) is 0.545. The van der Waals surface area contributed by atoms with E-state index in [0.29, 0.717) is 6.61 Å². The Hall–Kier alpha value is -1.94. The molecule has 2 rings (SSSR count). The van der Waals surface area contributed by atoms with Crippen molar-refractivity contribution in [2.45, 2.75) is 71.1 Å². The second kappa shape index (κ2) is 12.4. The van der Waals surface area contributed by atoms with Crippen molar-refractivity contribution >= 4 is 16.5 Å². The number of nitrogens with zero attached hydrogens (tertiary/aromatic N) is 2. The van der Waals surface area contributed by atoms with Crippen LogP contribution in [0.4, 0.5) is 5.69 Å². The van der Waals surface area contributed by atoms with Crippen LogP contribution < -0.4 is 5.17 Å². The fourth-order valence-corrected chi connectivity index (χ4v) is 3.27. The van der Waals surface area contributed by atoms with Crippen molar-refractivity contribution < 1.29 is 4.84 Å². The number of hydrogen-bond donors (Lipinski definition) is 1. The zero-order valence-corrected chi connectivity index (χ0v) is 16.1. The third-order valence-electron chi connectivity index (χ3n) is 4.77. The summed E-state index contributed by atoms with van der Waals surface area (Å²) >= 11 is 0. The molecule has 0 aliphatic carbocycles. The SMILES string of the molecule is CCCCCCCCCCCCON(N=N)c1cccc2ccccc12. The molecule has 2 aromatic carbocycles. The predicted octanol–water partition coefficient (Wildman–Crippen LogP) is 7.44. The Morgan fingerprint density at radius 2 is 1.42 bits per heavy atom. The van der Waals surface area contributed by atoms with E-state index in [1.165, 1.54) is 63.0 Å². The van der Waals surface area contributed by atoms with Gasteiger partial charge in [-0.2, -0.15) is 5.53 Å². The molecular weight excluding hydrogens is 322 g/mol. The Kier molecular flexibility index (Phi) is 9.73. The molecule has 2 aromatic rings. The highest BCUT2D eigenvalue weighted by Crippen LogP contribution is 2.27. The van der Waals surface area contributed by atoms with Gasteiger partial charge in [0.15, 0.2) is 0 Å². The number of hydrogen-bond acceptors (Lipinski definition) is 3. The van der Waals surface area contributed by atoms with E-state index in [0.717, 1.165) is 22.9 Å². The molecule has 0 amide bonds. The quantitative estimate of drug-likeness (QED) is 0.217. The van der Waals surface area contributed by atoms with Crippen molar-refractivity contribution in [1.82, 2.24) is 0 Å². The summed E-state index contributed by atoms with van der Waals surface area (Å²) in [5.74, 6) is 0. The maximum atomic E-state index is 7.44. The molecule has 0 aromatic heterocycles. The van der Waals surface area contributed by atoms with Gasteiger partial charge in [-0.25, -0.2) is 0 Å². The molecular formula is C22H33N3O. The molecule has 0 bridgehead atoms. The van der Waals surface area contributed by atoms with Crippen LogP contribution in [0, 0.1) is 5.53 Å². The fourth-order valence-electron chi connectivity index (χ4n) is 3.27. The van der Waals surface area contributed by atoms with E-state index in [1.54, 1.807) is 0 Å². The summed E-state index contributed by atoms with van der Waals surface area (Å²) in [6.07, 6.45) is 13.0. The Balaban J connectivity index is 1.64. The highest BCUT2D eigenvalue weighted by molar-refractivity contribution is 5.93. The first-order chi connectivity index (χ1) is 12.9. The van der Waals surface area contributed by atoms with Gasteiger partial charge in [0.1, 0.15) is 0 Å². The first kappa shape index (κ1) is 20.4. The minimum atomic E-state index is 0.599. The van der Waals surface area contributed by atoms with Crippen molar-refractivity contribution in [3.8, 4) is 0 Å². The Morgan fingerprint density at radius 3 is 2.12 bits per heavy atom. The first-order valence-corrected chi connectivity index (χ1v) is 10.1. The van der Waals surface area contributed by atoms with Crippen molar-refractivity contribution in [3.05, 3.63) is 42.5 Å². The van der Waals surface area contributed by atoms with E-state index in [-0.39, 0.29) is 0 Å². The summed E-state index contributed by atoms with van der Waals surface area (Å²) < 4.78 is 0. The van der Waals surface area contributed by atoms with Crippen LogP contribution in [0.1, 0.15) is 71.1 Å². The van der Waals surface area contributed by atoms with Gasteiger partial charge in [0.2, 0.25) is 0 Å². The third kappa shape index (κ3) is 6.75. The highest BCUT2D eigenvalue weighted by Gasteiger charge is 2.09. The molecule has 0 saturated heterocycles. The lowest BCUT2D eigenvalue weighted by molar-refractivity contribution is 0.100. The van der Waals surface area contributed by atoms with Crippen LogP contribution in [0.25, 0.3) is 10.8 Å². The summed E-state index contributed by atoms with van der Waals surface area (Å²) in [4.78, 5) is 5.74. The van der Waals surface area contributed by atoms with Crippen LogP contribution in [0.5, 0.6) is 0 Å². The zero-order valence-electron chi connectivity index (χ0n) is 16.1. The van der Waals surface area contributed by atoms with Gasteiger partial charge in [-0.05, 0) is 23.1 Å². The molecule has 4 nitrogen and oxygen atoms in total. The molecule has 0 aliphatic rings. The van der Waals surface area contributed by atoms with E-state index >= 15 is 0 Å². The van der Waals surface area contributed by atoms with Crippen LogP contribution in [-0.4, -0.2) is 6.61 Å². The van der Waals surface area contributed by atoms with Crippen LogP contribution in [0.2, 0.25) is 0 Å². The normalized spacial score (nSPS) is 11.0. The van der Waals surface area contributed by atoms with E-state index in [1.807, 2.05) is 30.3 Å². The molecule has 26 heavy (non-hydrogen) atoms. The number of fused-ring (bicyclic) bond motifs is 1. The number of rotatable bonds is 14. The number of anilines is 1. The van der Waals surface area contributed by atoms with Gasteiger partial charge < -0.3 is 0 Å². The Morgan fingerprint density at radius 1 is 0.808 bits per heavy atom. The molecule has 4 heteroatoms. The largest absolute Gasteiger partial charge is 0.251 e. The van der Waals surface area contributed by atoms with Crippen molar-refractivity contribution in [2.24, 2.45) is 5.22 Å². The summed E-state index contributed by atoms with van der Waals surface area (Å²) in [5.41, 5.74) is 8.26. The van der Waals surface area contributed by atoms with Crippen LogP contribution in [-0.2, 0) is 4.84 Å². The average molecular weight is 356 g/mol. The zero-order chi connectivity index (χ0) is 18.5. The Labute approximate surface area is 158 Å². The lowest BCUT2D eigenvalue weighted by Gasteiger charge is -2.18. The van der Waals surface area contributed by atoms with E-state index in [2.05, 4.69) is 24.3 Å². The van der Waals surface area contributed by atoms with Crippen molar-refractivity contribution in [3.63, 3.8) is 0 Å². The second-order valence-corrected chi connectivity index (χ2v) is 6.89. The molecule has 0 heterocycles. The number of nitrogens with one attached hydrogen (secondary N) is 1. The summed E-state index contributed by atoms with van der Waals surface area (Å²) in [7, 11) is 0. The highest BCUT2D eigenvalue weighted by atomic mass is 16.7. The topological polar surface area (TPSA) is 48.7 Å². The van der Waals surface area contributed by atoms with Gasteiger partial charge in [0.05, 0.1) is 12.3 Å². The molecule has 0 aliphatic heterocycles. The third-order valence-corrected chi connectivity index (χ3v) is 4.77. The molecule has 1 N–H and O–H groups in total. The van der Waals surface area contributed by atoms with E-state index < -0.39 is 0 Å². The smallest absolute Gasteiger partial charge is 0.0997 e. The van der Waals surface area contributed by atoms with Gasteiger partial charge in [0, 0.05) is 5.39 Å². The van der Waals surface area contributed by atoms with Gasteiger partial charge in [-0.3, -0.25) is 4.84 Å². The van der Waals surface area contributed by atoms with E-state index in [4.69, 9.17) is 10.4 Å². The maximum absolute atomic E-state index is 7.44. The van der Waals surface area contributed by atoms with Gasteiger partial charge in [-0.1, -0.05) is 101 Å². The number of unbranched alkanes of at least 4 members (excludes halogenated alkanes) is 9. The minimum Gasteiger partial charge on any atom is -0.251 e. The van der Waals surface area contributed by atoms with Crippen LogP contribution >= 0.6 is 0 Å². The van der Waals surface area contributed by atoms with Crippen molar-refractivity contribution in [1.29, 1.82) is 5.53 Å². The van der Waals surface area contributed by atoms with Crippen LogP contribution in [0.15, 0.2) is 47.7 Å². The lowest BCUT2D eigenvalue weighted by Crippen LogP contribution is -2.17. The molecule has 0 radical (unpaired) electrons. The van der Waals surface area contributed by atoms with Crippen LogP contribution in [0.3, 0.4) is 0 Å². The predicted molar refractivity (Wildman–Crippen MR) is 109 cm³/mol. The average Bonchev–Trinajstić information content (AvgIpc) is 2.69. The standard InChI is InChI=1S/C22H33N3O/c1-2-3-4-5-6-7-8-9-10-13-19-26-25(24-23)22-18-14-16-20-15-11-12-17-21(20)22/h11-12,14-18,23H,2-10,13,19H2,1H3.